The van der Waals surface area contributed by atoms with Gasteiger partial charge in [-0.2, -0.15) is 0 Å². The summed E-state index contributed by atoms with van der Waals surface area (Å²) in [4.78, 5) is 11.8. The average Bonchev–Trinajstić information content (AvgIpc) is 2.29. The van der Waals surface area contributed by atoms with Gasteiger partial charge in [-0.05, 0) is 48.6 Å². The lowest BCUT2D eigenvalue weighted by Gasteiger charge is -2.15. The molecule has 0 spiro atoms. The van der Waals surface area contributed by atoms with Gasteiger partial charge in [-0.15, -0.1) is 0 Å². The molecule has 0 bridgehead atoms. The van der Waals surface area contributed by atoms with Crippen LogP contribution in [0.5, 0.6) is 11.5 Å². The first-order valence-corrected chi connectivity index (χ1v) is 6.64. The lowest BCUT2D eigenvalue weighted by molar-refractivity contribution is 0.0986. The highest BCUT2D eigenvalue weighted by atomic mass is 127. The minimum absolute atomic E-state index is 0.0496. The number of ketones is 1. The van der Waals surface area contributed by atoms with E-state index < -0.39 is 0 Å². The van der Waals surface area contributed by atoms with Crippen molar-refractivity contribution in [3.8, 4) is 11.5 Å². The molecule has 1 aromatic carbocycles. The number of Topliss-reactive ketones (excluding diaryl/α,β-unsaturated/α-hetero) is 1. The number of benzene rings is 1. The Morgan fingerprint density at radius 2 is 2.00 bits per heavy atom. The van der Waals surface area contributed by atoms with Crippen molar-refractivity contribution in [3.05, 3.63) is 21.3 Å². The van der Waals surface area contributed by atoms with E-state index in [4.69, 9.17) is 9.47 Å². The number of hydrogen-bond acceptors (Lipinski definition) is 3. The molecule has 0 N–H and O–H groups in total. The van der Waals surface area contributed by atoms with Crippen LogP contribution in [0, 0.1) is 3.57 Å². The fraction of sp³-hybridized carbons (Fsp3) is 0.462. The van der Waals surface area contributed by atoms with E-state index in [1.165, 1.54) is 0 Å². The third-order valence-electron chi connectivity index (χ3n) is 2.24. The van der Waals surface area contributed by atoms with Crippen LogP contribution < -0.4 is 9.47 Å². The molecule has 0 saturated carbocycles. The number of ether oxygens (including phenoxy) is 2. The van der Waals surface area contributed by atoms with E-state index in [-0.39, 0.29) is 11.9 Å². The van der Waals surface area contributed by atoms with Gasteiger partial charge in [0.25, 0.3) is 0 Å². The molecule has 0 aliphatic heterocycles. The van der Waals surface area contributed by atoms with Crippen molar-refractivity contribution < 1.29 is 14.3 Å². The van der Waals surface area contributed by atoms with Gasteiger partial charge in [0.2, 0.25) is 0 Å². The van der Waals surface area contributed by atoms with Crippen LogP contribution >= 0.6 is 22.6 Å². The van der Waals surface area contributed by atoms with Crippen LogP contribution in [0.2, 0.25) is 0 Å². The highest BCUT2D eigenvalue weighted by Crippen LogP contribution is 2.32. The predicted molar refractivity (Wildman–Crippen MR) is 76.1 cm³/mol. The molecule has 1 aromatic rings. The molecule has 0 radical (unpaired) electrons. The number of halogens is 1. The topological polar surface area (TPSA) is 35.5 Å². The molecule has 0 heterocycles. The molecule has 4 heteroatoms. The van der Waals surface area contributed by atoms with Crippen molar-refractivity contribution in [3.63, 3.8) is 0 Å². The summed E-state index contributed by atoms with van der Waals surface area (Å²) in [7, 11) is 1.60. The third-order valence-corrected chi connectivity index (χ3v) is 3.13. The molecular formula is C13H17IO3. The maximum absolute atomic E-state index is 11.8. The Labute approximate surface area is 116 Å². The van der Waals surface area contributed by atoms with Crippen LogP contribution in [0.1, 0.15) is 37.6 Å². The van der Waals surface area contributed by atoms with E-state index in [9.17, 15) is 4.79 Å². The smallest absolute Gasteiger partial charge is 0.163 e. The Morgan fingerprint density at radius 1 is 1.35 bits per heavy atom. The first-order chi connectivity index (χ1) is 7.99. The van der Waals surface area contributed by atoms with Gasteiger partial charge in [-0.25, -0.2) is 0 Å². The van der Waals surface area contributed by atoms with Gasteiger partial charge in [0.05, 0.1) is 13.2 Å². The van der Waals surface area contributed by atoms with Crippen molar-refractivity contribution in [1.29, 1.82) is 0 Å². The van der Waals surface area contributed by atoms with Crippen LogP contribution in [-0.4, -0.2) is 19.0 Å². The highest BCUT2D eigenvalue weighted by Gasteiger charge is 2.15. The number of hydrogen-bond donors (Lipinski definition) is 0. The first kappa shape index (κ1) is 14.3. The van der Waals surface area contributed by atoms with E-state index in [1.807, 2.05) is 26.8 Å². The van der Waals surface area contributed by atoms with E-state index in [2.05, 4.69) is 22.6 Å². The van der Waals surface area contributed by atoms with Crippen molar-refractivity contribution in [1.82, 2.24) is 0 Å². The van der Waals surface area contributed by atoms with Gasteiger partial charge < -0.3 is 9.47 Å². The molecule has 0 fully saturated rings. The molecule has 1 rings (SSSR count). The second-order valence-electron chi connectivity index (χ2n) is 3.93. The van der Waals surface area contributed by atoms with E-state index in [0.29, 0.717) is 23.5 Å². The van der Waals surface area contributed by atoms with Crippen molar-refractivity contribution >= 4 is 28.4 Å². The summed E-state index contributed by atoms with van der Waals surface area (Å²) in [6.45, 7) is 5.74. The van der Waals surface area contributed by atoms with Crippen LogP contribution in [0.4, 0.5) is 0 Å². The van der Waals surface area contributed by atoms with Crippen LogP contribution in [0.15, 0.2) is 12.1 Å². The fourth-order valence-corrected chi connectivity index (χ4v) is 2.18. The van der Waals surface area contributed by atoms with E-state index in [0.717, 1.165) is 3.57 Å². The molecule has 0 aliphatic carbocycles. The van der Waals surface area contributed by atoms with Gasteiger partial charge in [0.15, 0.2) is 17.3 Å². The van der Waals surface area contributed by atoms with Gasteiger partial charge in [-0.3, -0.25) is 4.79 Å². The largest absolute Gasteiger partial charge is 0.493 e. The van der Waals surface area contributed by atoms with Crippen LogP contribution in [0.25, 0.3) is 0 Å². The van der Waals surface area contributed by atoms with Gasteiger partial charge >= 0.3 is 0 Å². The van der Waals surface area contributed by atoms with Crippen LogP contribution in [0.3, 0.4) is 0 Å². The minimum atomic E-state index is 0.0496. The Balaban J connectivity index is 3.22. The van der Waals surface area contributed by atoms with Crippen molar-refractivity contribution in [2.24, 2.45) is 0 Å². The van der Waals surface area contributed by atoms with E-state index >= 15 is 0 Å². The zero-order valence-corrected chi connectivity index (χ0v) is 12.7. The Kier molecular flexibility index (Phi) is 5.24. The minimum Gasteiger partial charge on any atom is -0.493 e. The summed E-state index contributed by atoms with van der Waals surface area (Å²) in [6.07, 6.45) is 0.539. The maximum Gasteiger partial charge on any atom is 0.163 e. The summed E-state index contributed by atoms with van der Waals surface area (Å²) in [5.74, 6) is 1.40. The first-order valence-electron chi connectivity index (χ1n) is 5.57. The molecule has 0 atom stereocenters. The molecule has 17 heavy (non-hydrogen) atoms. The lowest BCUT2D eigenvalue weighted by atomic mass is 10.1. The zero-order valence-electron chi connectivity index (χ0n) is 10.5. The second kappa shape index (κ2) is 6.23. The molecule has 0 unspecified atom stereocenters. The van der Waals surface area contributed by atoms with Gasteiger partial charge in [0, 0.05) is 15.6 Å². The average molecular weight is 348 g/mol. The number of methoxy groups -OCH3 is 1. The van der Waals surface area contributed by atoms with Gasteiger partial charge in [0.1, 0.15) is 0 Å². The highest BCUT2D eigenvalue weighted by molar-refractivity contribution is 14.1. The number of carbonyl (C=O) groups excluding carboxylic acids is 1. The molecule has 0 aliphatic rings. The number of carbonyl (C=O) groups is 1. The monoisotopic (exact) mass is 348 g/mol. The molecular weight excluding hydrogens is 331 g/mol. The fourth-order valence-electron chi connectivity index (χ4n) is 1.44. The molecule has 0 saturated heterocycles. The van der Waals surface area contributed by atoms with E-state index in [1.54, 1.807) is 13.2 Å². The summed E-state index contributed by atoms with van der Waals surface area (Å²) in [5, 5.41) is 0. The molecule has 3 nitrogen and oxygen atoms in total. The Bertz CT molecular complexity index is 413. The zero-order chi connectivity index (χ0) is 13.0. The van der Waals surface area contributed by atoms with Crippen molar-refractivity contribution in [2.75, 3.05) is 7.11 Å². The SMILES string of the molecule is CCC(=O)c1cc(OC(C)C)c(OC)cc1I. The second-order valence-corrected chi connectivity index (χ2v) is 5.09. The molecule has 0 amide bonds. The van der Waals surface area contributed by atoms with Gasteiger partial charge in [-0.1, -0.05) is 6.92 Å². The Hall–Kier alpha value is -0.780. The third kappa shape index (κ3) is 3.59. The van der Waals surface area contributed by atoms with Crippen molar-refractivity contribution in [2.45, 2.75) is 33.3 Å². The Morgan fingerprint density at radius 3 is 2.47 bits per heavy atom. The number of rotatable bonds is 5. The normalized spacial score (nSPS) is 10.5. The molecule has 94 valence electrons. The summed E-state index contributed by atoms with van der Waals surface area (Å²) >= 11 is 2.14. The maximum atomic E-state index is 11.8. The predicted octanol–water partition coefficient (Wildman–Crippen LogP) is 3.68. The standard InChI is InChI=1S/C13H17IO3/c1-5-11(15)9-6-13(17-8(2)3)12(16-4)7-10(9)14/h6-8H,5H2,1-4H3. The summed E-state index contributed by atoms with van der Waals surface area (Å²) in [6, 6.07) is 3.60. The van der Waals surface area contributed by atoms with Crippen LogP contribution in [-0.2, 0) is 0 Å². The lowest BCUT2D eigenvalue weighted by Crippen LogP contribution is -2.09. The summed E-state index contributed by atoms with van der Waals surface area (Å²) < 4.78 is 11.8. The quantitative estimate of drug-likeness (QED) is 0.602. The summed E-state index contributed by atoms with van der Waals surface area (Å²) in [5.41, 5.74) is 0.699. The molecule has 0 aromatic heterocycles.